The van der Waals surface area contributed by atoms with E-state index in [0.29, 0.717) is 23.7 Å². The molecule has 0 fully saturated rings. The van der Waals surface area contributed by atoms with Gasteiger partial charge in [-0.05, 0) is 24.3 Å². The molecule has 0 unspecified atom stereocenters. The first kappa shape index (κ1) is 16.0. The average molecular weight is 335 g/mol. The van der Waals surface area contributed by atoms with E-state index in [0.717, 1.165) is 5.56 Å². The Morgan fingerprint density at radius 2 is 1.85 bits per heavy atom. The van der Waals surface area contributed by atoms with Crippen molar-refractivity contribution in [3.63, 3.8) is 0 Å². The van der Waals surface area contributed by atoms with Crippen LogP contribution in [0.4, 0.5) is 0 Å². The second-order valence-electron chi connectivity index (χ2n) is 4.01. The average Bonchev–Trinajstić information content (AvgIpc) is 2.47. The number of halogens is 1. The van der Waals surface area contributed by atoms with E-state index in [1.54, 1.807) is 20.3 Å². The first-order valence-corrected chi connectivity index (χ1v) is 5.88. The minimum absolute atomic E-state index is 0. The van der Waals surface area contributed by atoms with E-state index >= 15 is 0 Å². The van der Waals surface area contributed by atoms with Crippen LogP contribution in [0.15, 0.2) is 42.6 Å². The van der Waals surface area contributed by atoms with Crippen molar-refractivity contribution in [3.8, 4) is 17.6 Å². The number of rotatable bonds is 4. The standard InChI is InChI=1S/C15H15N2O2.BrH/c1-18-14-7-6-12(9-15(14)19-2)11-17-8-4-3-5-13(17)10-16;/h3-9H,11H2,1-2H3;1H/q+1;/p-1. The van der Waals surface area contributed by atoms with Gasteiger partial charge in [-0.15, -0.1) is 0 Å². The highest BCUT2D eigenvalue weighted by Gasteiger charge is 2.11. The van der Waals surface area contributed by atoms with Crippen LogP contribution in [-0.4, -0.2) is 14.2 Å². The molecule has 0 spiro atoms. The summed E-state index contributed by atoms with van der Waals surface area (Å²) in [6.07, 6.45) is 1.88. The maximum absolute atomic E-state index is 9.06. The zero-order chi connectivity index (χ0) is 13.7. The molecule has 20 heavy (non-hydrogen) atoms. The van der Waals surface area contributed by atoms with Crippen LogP contribution < -0.4 is 31.0 Å². The summed E-state index contributed by atoms with van der Waals surface area (Å²) in [6.45, 7) is 0.615. The minimum atomic E-state index is 0. The Balaban J connectivity index is 0.00000200. The fourth-order valence-corrected chi connectivity index (χ4v) is 1.89. The first-order chi connectivity index (χ1) is 9.28. The van der Waals surface area contributed by atoms with Crippen molar-refractivity contribution in [2.24, 2.45) is 0 Å². The Bertz CT molecular complexity index is 624. The smallest absolute Gasteiger partial charge is 0.283 e. The quantitative estimate of drug-likeness (QED) is 0.668. The monoisotopic (exact) mass is 334 g/mol. The number of methoxy groups -OCH3 is 2. The van der Waals surface area contributed by atoms with Gasteiger partial charge in [-0.1, -0.05) is 0 Å². The summed E-state index contributed by atoms with van der Waals surface area (Å²) in [7, 11) is 3.22. The van der Waals surface area contributed by atoms with Gasteiger partial charge in [0.15, 0.2) is 30.3 Å². The van der Waals surface area contributed by atoms with Crippen molar-refractivity contribution >= 4 is 0 Å². The van der Waals surface area contributed by atoms with Gasteiger partial charge in [0.25, 0.3) is 5.69 Å². The third-order valence-electron chi connectivity index (χ3n) is 2.86. The zero-order valence-corrected chi connectivity index (χ0v) is 12.9. The Morgan fingerprint density at radius 1 is 1.10 bits per heavy atom. The second kappa shape index (κ2) is 7.51. The summed E-state index contributed by atoms with van der Waals surface area (Å²) in [4.78, 5) is 0. The van der Waals surface area contributed by atoms with Gasteiger partial charge in [0.2, 0.25) is 0 Å². The molecule has 0 radical (unpaired) electrons. The molecule has 4 nitrogen and oxygen atoms in total. The first-order valence-electron chi connectivity index (χ1n) is 5.88. The largest absolute Gasteiger partial charge is 1.00 e. The van der Waals surface area contributed by atoms with Crippen molar-refractivity contribution in [1.29, 1.82) is 5.26 Å². The van der Waals surface area contributed by atoms with Gasteiger partial charge in [0.1, 0.15) is 0 Å². The van der Waals surface area contributed by atoms with E-state index in [1.165, 1.54) is 0 Å². The van der Waals surface area contributed by atoms with Crippen molar-refractivity contribution in [1.82, 2.24) is 0 Å². The number of benzene rings is 1. The molecule has 2 aromatic rings. The second-order valence-corrected chi connectivity index (χ2v) is 4.01. The Morgan fingerprint density at radius 3 is 2.50 bits per heavy atom. The molecule has 0 saturated heterocycles. The molecule has 0 bridgehead atoms. The van der Waals surface area contributed by atoms with Gasteiger partial charge in [0, 0.05) is 17.7 Å². The summed E-state index contributed by atoms with van der Waals surface area (Å²) in [5.41, 5.74) is 1.67. The molecule has 0 N–H and O–H groups in total. The lowest BCUT2D eigenvalue weighted by atomic mass is 10.2. The van der Waals surface area contributed by atoms with E-state index < -0.39 is 0 Å². The summed E-state index contributed by atoms with van der Waals surface area (Å²) >= 11 is 0. The predicted octanol–water partition coefficient (Wildman–Crippen LogP) is -1.08. The lowest BCUT2D eigenvalue weighted by Crippen LogP contribution is -3.00. The highest BCUT2D eigenvalue weighted by molar-refractivity contribution is 5.42. The van der Waals surface area contributed by atoms with Gasteiger partial charge in [0.05, 0.1) is 14.2 Å². The molecule has 2 rings (SSSR count). The van der Waals surface area contributed by atoms with Crippen LogP contribution >= 0.6 is 0 Å². The number of pyridine rings is 1. The molecule has 0 atom stereocenters. The highest BCUT2D eigenvalue weighted by atomic mass is 79.9. The predicted molar refractivity (Wildman–Crippen MR) is 70.0 cm³/mol. The van der Waals surface area contributed by atoms with Crippen molar-refractivity contribution in [3.05, 3.63) is 53.9 Å². The number of ether oxygens (including phenoxy) is 2. The minimum Gasteiger partial charge on any atom is -1.00 e. The molecule has 1 aromatic carbocycles. The molecule has 0 aliphatic heterocycles. The number of aromatic nitrogens is 1. The topological polar surface area (TPSA) is 46.1 Å². The Kier molecular flexibility index (Phi) is 6.01. The van der Waals surface area contributed by atoms with E-state index in [1.807, 2.05) is 41.1 Å². The molecule has 0 amide bonds. The number of nitrogens with zero attached hydrogens (tertiary/aromatic N) is 2. The van der Waals surface area contributed by atoms with Crippen LogP contribution in [0.3, 0.4) is 0 Å². The van der Waals surface area contributed by atoms with E-state index in [-0.39, 0.29) is 17.0 Å². The van der Waals surface area contributed by atoms with Crippen LogP contribution in [0.2, 0.25) is 0 Å². The van der Waals surface area contributed by atoms with Gasteiger partial charge in [-0.2, -0.15) is 9.83 Å². The molecular formula is C15H15BrN2O2. The van der Waals surface area contributed by atoms with Crippen molar-refractivity contribution in [2.75, 3.05) is 14.2 Å². The zero-order valence-electron chi connectivity index (χ0n) is 11.3. The van der Waals surface area contributed by atoms with Crippen LogP contribution in [0.25, 0.3) is 0 Å². The van der Waals surface area contributed by atoms with E-state index in [9.17, 15) is 0 Å². The van der Waals surface area contributed by atoms with Gasteiger partial charge in [-0.3, -0.25) is 0 Å². The maximum atomic E-state index is 9.06. The molecule has 5 heteroatoms. The van der Waals surface area contributed by atoms with Crippen LogP contribution in [0, 0.1) is 11.3 Å². The lowest BCUT2D eigenvalue weighted by Gasteiger charge is -2.08. The van der Waals surface area contributed by atoms with E-state index in [2.05, 4.69) is 6.07 Å². The molecule has 1 aromatic heterocycles. The Hall–Kier alpha value is -2.06. The number of hydrogen-bond donors (Lipinski definition) is 0. The molecular weight excluding hydrogens is 320 g/mol. The van der Waals surface area contributed by atoms with Crippen molar-refractivity contribution in [2.45, 2.75) is 6.54 Å². The summed E-state index contributed by atoms with van der Waals surface area (Å²) in [5.74, 6) is 1.39. The number of nitriles is 1. The van der Waals surface area contributed by atoms with Gasteiger partial charge in [-0.25, -0.2) is 0 Å². The molecule has 0 aliphatic rings. The fraction of sp³-hybridized carbons (Fsp3) is 0.200. The van der Waals surface area contributed by atoms with E-state index in [4.69, 9.17) is 14.7 Å². The van der Waals surface area contributed by atoms with Crippen LogP contribution in [-0.2, 0) is 6.54 Å². The summed E-state index contributed by atoms with van der Waals surface area (Å²) in [6, 6.07) is 13.5. The normalized spacial score (nSPS) is 9.25. The Labute approximate surface area is 129 Å². The maximum Gasteiger partial charge on any atom is 0.283 e. The molecule has 1 heterocycles. The number of hydrogen-bond acceptors (Lipinski definition) is 3. The van der Waals surface area contributed by atoms with Crippen LogP contribution in [0.1, 0.15) is 11.3 Å². The van der Waals surface area contributed by atoms with Crippen LogP contribution in [0.5, 0.6) is 11.5 Å². The summed E-state index contributed by atoms with van der Waals surface area (Å²) in [5, 5.41) is 9.06. The van der Waals surface area contributed by atoms with Gasteiger partial charge >= 0.3 is 0 Å². The highest BCUT2D eigenvalue weighted by Crippen LogP contribution is 2.27. The fourth-order valence-electron chi connectivity index (χ4n) is 1.89. The third kappa shape index (κ3) is 3.49. The van der Waals surface area contributed by atoms with Crippen molar-refractivity contribution < 1.29 is 31.0 Å². The SMILES string of the molecule is COc1ccc(C[n+]2ccccc2C#N)cc1OC.[Br-]. The molecule has 0 aliphatic carbocycles. The molecule has 104 valence electrons. The summed E-state index contributed by atoms with van der Waals surface area (Å²) < 4.78 is 12.4. The third-order valence-corrected chi connectivity index (χ3v) is 2.86. The molecule has 0 saturated carbocycles. The van der Waals surface area contributed by atoms with Gasteiger partial charge < -0.3 is 26.5 Å². The lowest BCUT2D eigenvalue weighted by molar-refractivity contribution is -0.690.